The van der Waals surface area contributed by atoms with Crippen molar-refractivity contribution in [2.45, 2.75) is 13.0 Å². The Morgan fingerprint density at radius 2 is 2.18 bits per heavy atom. The number of hydrogen-bond acceptors (Lipinski definition) is 4. The molecule has 1 aromatic heterocycles. The maximum absolute atomic E-state index is 10.8. The number of carboxylic acid groups (broad SMARTS) is 1. The maximum Gasteiger partial charge on any atom is 0.325 e. The zero-order chi connectivity index (χ0) is 12.4. The van der Waals surface area contributed by atoms with Crippen molar-refractivity contribution < 1.29 is 9.90 Å². The second kappa shape index (κ2) is 4.29. The number of benzene rings is 1. The first-order valence-corrected chi connectivity index (χ1v) is 5.22. The highest BCUT2D eigenvalue weighted by molar-refractivity contribution is 5.99. The lowest BCUT2D eigenvalue weighted by atomic mass is 10.1. The van der Waals surface area contributed by atoms with Gasteiger partial charge in [0.15, 0.2) is 0 Å². The largest absolute Gasteiger partial charge is 0.480 e. The van der Waals surface area contributed by atoms with E-state index in [9.17, 15) is 4.79 Å². The first-order chi connectivity index (χ1) is 8.09. The summed E-state index contributed by atoms with van der Waals surface area (Å²) in [4.78, 5) is 14.9. The summed E-state index contributed by atoms with van der Waals surface area (Å²) in [6, 6.07) is 6.58. The smallest absolute Gasteiger partial charge is 0.325 e. The molecule has 0 aliphatic rings. The van der Waals surface area contributed by atoms with Crippen molar-refractivity contribution in [2.24, 2.45) is 0 Å². The van der Waals surface area contributed by atoms with Gasteiger partial charge in [-0.1, -0.05) is 12.1 Å². The Balaban J connectivity index is 2.48. The van der Waals surface area contributed by atoms with Crippen LogP contribution in [-0.2, 0) is 4.79 Å². The topological polar surface area (TPSA) is 88.2 Å². The van der Waals surface area contributed by atoms with Crippen LogP contribution in [0.2, 0.25) is 0 Å². The lowest BCUT2D eigenvalue weighted by molar-refractivity contribution is -0.137. The molecule has 1 heterocycles. The molecule has 0 bridgehead atoms. The SMILES string of the molecule is CC(Nc1nccc2c(N)cccc12)C(=O)O. The lowest BCUT2D eigenvalue weighted by Crippen LogP contribution is -2.25. The van der Waals surface area contributed by atoms with E-state index in [1.54, 1.807) is 25.3 Å². The summed E-state index contributed by atoms with van der Waals surface area (Å²) >= 11 is 0. The van der Waals surface area contributed by atoms with Gasteiger partial charge in [-0.15, -0.1) is 0 Å². The van der Waals surface area contributed by atoms with E-state index >= 15 is 0 Å². The number of aliphatic carboxylic acids is 1. The average Bonchev–Trinajstić information content (AvgIpc) is 2.30. The molecule has 88 valence electrons. The number of nitrogens with one attached hydrogen (secondary N) is 1. The second-order valence-electron chi connectivity index (χ2n) is 3.81. The fourth-order valence-electron chi connectivity index (χ4n) is 1.61. The molecule has 0 radical (unpaired) electrons. The van der Waals surface area contributed by atoms with Crippen molar-refractivity contribution in [3.8, 4) is 0 Å². The highest BCUT2D eigenvalue weighted by atomic mass is 16.4. The lowest BCUT2D eigenvalue weighted by Gasteiger charge is -2.12. The van der Waals surface area contributed by atoms with Gasteiger partial charge in [0.2, 0.25) is 0 Å². The number of pyridine rings is 1. The first kappa shape index (κ1) is 11.2. The van der Waals surface area contributed by atoms with Gasteiger partial charge in [0.05, 0.1) is 0 Å². The third-order valence-corrected chi connectivity index (χ3v) is 2.56. The van der Waals surface area contributed by atoms with Gasteiger partial charge in [-0.3, -0.25) is 4.79 Å². The molecule has 0 aliphatic carbocycles. The van der Waals surface area contributed by atoms with Crippen molar-refractivity contribution in [1.82, 2.24) is 4.98 Å². The summed E-state index contributed by atoms with van der Waals surface area (Å²) in [6.45, 7) is 1.56. The Hall–Kier alpha value is -2.30. The van der Waals surface area contributed by atoms with Gasteiger partial charge < -0.3 is 16.2 Å². The van der Waals surface area contributed by atoms with E-state index in [1.165, 1.54) is 0 Å². The van der Waals surface area contributed by atoms with Crippen LogP contribution in [0.1, 0.15) is 6.92 Å². The number of fused-ring (bicyclic) bond motifs is 1. The molecule has 0 aliphatic heterocycles. The zero-order valence-electron chi connectivity index (χ0n) is 9.34. The minimum absolute atomic E-state index is 0.532. The number of nitrogens with two attached hydrogens (primary N) is 1. The molecule has 0 saturated heterocycles. The third-order valence-electron chi connectivity index (χ3n) is 2.56. The fourth-order valence-corrected chi connectivity index (χ4v) is 1.61. The zero-order valence-corrected chi connectivity index (χ0v) is 9.34. The summed E-state index contributed by atoms with van der Waals surface area (Å²) < 4.78 is 0. The summed E-state index contributed by atoms with van der Waals surface area (Å²) in [6.07, 6.45) is 1.61. The molecule has 1 atom stereocenters. The molecule has 5 heteroatoms. The van der Waals surface area contributed by atoms with Crippen LogP contribution in [0.4, 0.5) is 11.5 Å². The predicted molar refractivity (Wildman–Crippen MR) is 66.9 cm³/mol. The monoisotopic (exact) mass is 231 g/mol. The molecule has 1 aromatic carbocycles. The normalized spacial score (nSPS) is 12.3. The Bertz CT molecular complexity index is 569. The van der Waals surface area contributed by atoms with Crippen LogP contribution in [0.5, 0.6) is 0 Å². The number of aromatic nitrogens is 1. The molecule has 4 N–H and O–H groups in total. The van der Waals surface area contributed by atoms with Crippen molar-refractivity contribution in [3.63, 3.8) is 0 Å². The molecule has 0 saturated carbocycles. The van der Waals surface area contributed by atoms with Crippen LogP contribution < -0.4 is 11.1 Å². The Morgan fingerprint density at radius 3 is 2.88 bits per heavy atom. The Labute approximate surface area is 98.3 Å². The standard InChI is InChI=1S/C12H13N3O2/c1-7(12(16)17)15-11-9-3-2-4-10(13)8(9)5-6-14-11/h2-7H,13H2,1H3,(H,14,15)(H,16,17). The van der Waals surface area contributed by atoms with E-state index < -0.39 is 12.0 Å². The molecule has 2 aromatic rings. The number of carbonyl (C=O) groups is 1. The molecule has 17 heavy (non-hydrogen) atoms. The minimum Gasteiger partial charge on any atom is -0.480 e. The van der Waals surface area contributed by atoms with Crippen molar-refractivity contribution in [2.75, 3.05) is 11.1 Å². The van der Waals surface area contributed by atoms with Gasteiger partial charge in [0.1, 0.15) is 11.9 Å². The number of nitrogens with zero attached hydrogens (tertiary/aromatic N) is 1. The van der Waals surface area contributed by atoms with E-state index in [-0.39, 0.29) is 0 Å². The van der Waals surface area contributed by atoms with Crippen LogP contribution in [0.3, 0.4) is 0 Å². The Morgan fingerprint density at radius 1 is 1.41 bits per heavy atom. The van der Waals surface area contributed by atoms with Gasteiger partial charge in [-0.05, 0) is 19.1 Å². The minimum atomic E-state index is -0.923. The highest BCUT2D eigenvalue weighted by Crippen LogP contribution is 2.25. The van der Waals surface area contributed by atoms with E-state index in [4.69, 9.17) is 10.8 Å². The second-order valence-corrected chi connectivity index (χ2v) is 3.81. The van der Waals surface area contributed by atoms with Crippen LogP contribution in [0, 0.1) is 0 Å². The fraction of sp³-hybridized carbons (Fsp3) is 0.167. The average molecular weight is 231 g/mol. The summed E-state index contributed by atoms with van der Waals surface area (Å²) in [7, 11) is 0. The van der Waals surface area contributed by atoms with Gasteiger partial charge in [-0.2, -0.15) is 0 Å². The van der Waals surface area contributed by atoms with Gasteiger partial charge in [-0.25, -0.2) is 4.98 Å². The quantitative estimate of drug-likeness (QED) is 0.700. The molecule has 2 rings (SSSR count). The molecular formula is C12H13N3O2. The molecule has 0 spiro atoms. The van der Waals surface area contributed by atoms with Gasteiger partial charge in [0, 0.05) is 22.7 Å². The number of nitrogen functional groups attached to an aromatic ring is 1. The van der Waals surface area contributed by atoms with Gasteiger partial charge >= 0.3 is 5.97 Å². The summed E-state index contributed by atoms with van der Waals surface area (Å²) in [5.41, 5.74) is 6.49. The first-order valence-electron chi connectivity index (χ1n) is 5.22. The van der Waals surface area contributed by atoms with Crippen LogP contribution >= 0.6 is 0 Å². The van der Waals surface area contributed by atoms with E-state index in [0.717, 1.165) is 10.8 Å². The molecule has 1 unspecified atom stereocenters. The van der Waals surface area contributed by atoms with Crippen LogP contribution in [0.15, 0.2) is 30.5 Å². The van der Waals surface area contributed by atoms with E-state index in [1.807, 2.05) is 12.1 Å². The van der Waals surface area contributed by atoms with Gasteiger partial charge in [0.25, 0.3) is 0 Å². The van der Waals surface area contributed by atoms with Crippen molar-refractivity contribution in [1.29, 1.82) is 0 Å². The van der Waals surface area contributed by atoms with Crippen molar-refractivity contribution >= 4 is 28.2 Å². The van der Waals surface area contributed by atoms with E-state index in [0.29, 0.717) is 11.5 Å². The molecular weight excluding hydrogens is 218 g/mol. The maximum atomic E-state index is 10.8. The van der Waals surface area contributed by atoms with E-state index in [2.05, 4.69) is 10.3 Å². The van der Waals surface area contributed by atoms with Crippen LogP contribution in [-0.4, -0.2) is 22.1 Å². The van der Waals surface area contributed by atoms with Crippen LogP contribution in [0.25, 0.3) is 10.8 Å². The number of anilines is 2. The highest BCUT2D eigenvalue weighted by Gasteiger charge is 2.12. The number of rotatable bonds is 3. The summed E-state index contributed by atoms with van der Waals surface area (Å²) in [5, 5.41) is 13.4. The Kier molecular flexibility index (Phi) is 2.82. The molecule has 0 fully saturated rings. The number of carboxylic acids is 1. The molecule has 5 nitrogen and oxygen atoms in total. The third kappa shape index (κ3) is 2.13. The van der Waals surface area contributed by atoms with Crippen molar-refractivity contribution in [3.05, 3.63) is 30.5 Å². The summed E-state index contributed by atoms with van der Waals surface area (Å²) in [5.74, 6) is -0.391. The predicted octanol–water partition coefficient (Wildman–Crippen LogP) is 1.70. The number of hydrogen-bond donors (Lipinski definition) is 3. The molecule has 0 amide bonds.